The fourth-order valence-electron chi connectivity index (χ4n) is 3.26. The first kappa shape index (κ1) is 95.3. The zero-order chi connectivity index (χ0) is 42.7. The van der Waals surface area contributed by atoms with Gasteiger partial charge in [-0.3, -0.25) is 19.9 Å². The quantitative estimate of drug-likeness (QED) is 0.149. The minimum absolute atomic E-state index is 0. The van der Waals surface area contributed by atoms with Crippen LogP contribution < -0.4 is 0 Å². The van der Waals surface area contributed by atoms with Crippen LogP contribution in [0.15, 0.2) is 97.6 Å². The third-order valence-electron chi connectivity index (χ3n) is 5.27. The van der Waals surface area contributed by atoms with Crippen LogP contribution in [-0.4, -0.2) is 32.5 Å². The molecule has 0 aromatic carbocycles. The second-order valence-electron chi connectivity index (χ2n) is 10.4. The fraction of sp³-hybridized carbons (Fsp3) is 0.404. The van der Waals surface area contributed by atoms with Gasteiger partial charge in [0, 0.05) is 24.8 Å². The van der Waals surface area contributed by atoms with E-state index in [2.05, 4.69) is 62.0 Å². The molecule has 0 saturated heterocycles. The van der Waals surface area contributed by atoms with E-state index in [9.17, 15) is 0 Å². The predicted octanol–water partition coefficient (Wildman–Crippen LogP) is 18.5. The van der Waals surface area contributed by atoms with Crippen LogP contribution in [0.3, 0.4) is 0 Å². The van der Waals surface area contributed by atoms with E-state index in [0.29, 0.717) is 12.5 Å². The number of hydrogen-bond acceptors (Lipinski definition) is 4. The summed E-state index contributed by atoms with van der Waals surface area (Å²) in [6.07, 6.45) is 20.6. The first-order chi connectivity index (χ1) is 26.3. The smallest absolute Gasteiger partial charge is 0.693 e. The number of hydrogen-bond donors (Lipinski definition) is 0. The van der Waals surface area contributed by atoms with E-state index < -0.39 is 0 Å². The number of nitrogens with two attached hydrogens (primary N) is 1. The van der Waals surface area contributed by atoms with Gasteiger partial charge in [0.25, 0.3) is 0 Å². The van der Waals surface area contributed by atoms with Crippen molar-refractivity contribution in [2.75, 3.05) is 6.54 Å². The molecule has 0 radical (unpaired) electrons. The normalized spacial score (nSPS) is 11.0. The largest absolute Gasteiger partial charge is 2.00 e. The first-order valence-corrected chi connectivity index (χ1v) is 25.7. The molecule has 1 unspecified atom stereocenters. The molecule has 0 bridgehead atoms. The second kappa shape index (κ2) is 90.7. The maximum Gasteiger partial charge on any atom is 2.00 e. The van der Waals surface area contributed by atoms with Gasteiger partial charge in [0.05, 0.1) is 22.8 Å². The van der Waals surface area contributed by atoms with Crippen molar-refractivity contribution in [2.24, 2.45) is 5.92 Å². The summed E-state index contributed by atoms with van der Waals surface area (Å²) in [5, 5.41) is 0. The molecule has 0 spiro atoms. The number of halogens is 3. The van der Waals surface area contributed by atoms with E-state index in [1.807, 2.05) is 154 Å². The number of rotatable bonds is 3. The average Bonchev–Trinajstić information content (AvgIpc) is 3.24. The number of pyridine rings is 4. The Balaban J connectivity index is -0.0000000403. The van der Waals surface area contributed by atoms with Crippen LogP contribution in [0.25, 0.3) is 40.4 Å². The molecule has 1 aliphatic carbocycles. The zero-order valence-corrected chi connectivity index (χ0v) is 47.0. The minimum Gasteiger partial charge on any atom is -0.693 e. The van der Waals surface area contributed by atoms with Crippen molar-refractivity contribution in [2.45, 2.75) is 116 Å². The molecule has 7 nitrogen and oxygen atoms in total. The molecular weight excluding hydrogens is 1460 g/mol. The van der Waals surface area contributed by atoms with Gasteiger partial charge in [-0.2, -0.15) is 73.9 Å². The van der Waals surface area contributed by atoms with Gasteiger partial charge in [-0.05, 0) is 48.5 Å². The van der Waals surface area contributed by atoms with Gasteiger partial charge in [0.15, 0.2) is 0 Å². The summed E-state index contributed by atoms with van der Waals surface area (Å²) in [4.78, 5) is 16.7. The predicted molar refractivity (Wildman–Crippen MR) is 268 cm³/mol. The monoisotopic (exact) mass is 1540 g/mol. The standard InChI is InChI=1S/2C10H8N2.C7H13N.C3H7N.4C3H7.3CH4.2CH3.3ClH.H2N.3Pt.Ru/c2*1-3-7-11-9(5-1)10-6-2-4-8-12-10;1-6-4-2-3-5-7(6)8;1-2-3-4;4*1-3-2;;;;;;;;;;;;;/h2*1-8H;6-8H,1-5H2;4H,1-3H2;4*3H,1-2H3;3*1H4;2*1H3;3*1H;1H2;;;;/q;;2*-2;4*-1;;;;2*-1;;;;-1;3*+1;+2/p-3/t;;6-,7?;;;;;;;;;;;;;;;;;;/m..1................../s1. The van der Waals surface area contributed by atoms with Crippen LogP contribution in [0.2, 0.25) is 0 Å². The Hall–Kier alpha value is 0.0383. The summed E-state index contributed by atoms with van der Waals surface area (Å²) >= 11 is 4.83. The zero-order valence-electron chi connectivity index (χ0n) is 36.2. The summed E-state index contributed by atoms with van der Waals surface area (Å²) < 4.78 is 0. The van der Waals surface area contributed by atoms with E-state index in [1.54, 1.807) is 81.1 Å². The molecule has 2 atom stereocenters. The van der Waals surface area contributed by atoms with E-state index in [4.69, 9.17) is 11.5 Å². The van der Waals surface area contributed by atoms with Crippen LogP contribution in [0.5, 0.6) is 0 Å². The summed E-state index contributed by atoms with van der Waals surface area (Å²) in [7, 11) is 13.8. The van der Waals surface area contributed by atoms with Crippen LogP contribution in [0, 0.1) is 60.3 Å². The van der Waals surface area contributed by atoms with Gasteiger partial charge in [-0.15, -0.1) is 0 Å². The van der Waals surface area contributed by atoms with E-state index in [-0.39, 0.29) is 68.8 Å². The molecule has 0 aliphatic heterocycles. The molecule has 4 aromatic rings. The van der Waals surface area contributed by atoms with Crippen molar-refractivity contribution in [1.82, 2.24) is 19.9 Å². The van der Waals surface area contributed by atoms with Crippen molar-refractivity contribution in [1.29, 1.82) is 0 Å². The van der Waals surface area contributed by atoms with Crippen LogP contribution in [0.1, 0.15) is 110 Å². The van der Waals surface area contributed by atoms with Crippen molar-refractivity contribution in [3.63, 3.8) is 0 Å². The van der Waals surface area contributed by atoms with Crippen molar-refractivity contribution in [3.8, 4) is 22.8 Å². The molecule has 0 amide bonds. The molecule has 4 N–H and O–H groups in total. The van der Waals surface area contributed by atoms with Gasteiger partial charge >= 0.3 is 104 Å². The SMILES string of the molecule is C.C.C.C[CH-]C.C[CH-]C.C[CH-]C.C[CH-]C.[CH2-]CC[NH-].[CH2-][C@@H]1CCCCC1[NH-].[CH3-].[CH3-].[Cl][Pt].[Cl][Pt].[Cl][Pt].[NH2-].[Ru+2].c1ccc(-c2ccccn2)nc1.c1ccc(-c2ccccn2)nc1. The minimum atomic E-state index is 0. The molecule has 4 aromatic heterocycles. The third kappa shape index (κ3) is 74.7. The Bertz CT molecular complexity index is 972. The Labute approximate surface area is 440 Å². The summed E-state index contributed by atoms with van der Waals surface area (Å²) in [6.45, 7) is 23.8. The van der Waals surface area contributed by atoms with Crippen molar-refractivity contribution >= 4 is 28.3 Å². The van der Waals surface area contributed by atoms with Crippen molar-refractivity contribution < 1.29 is 75.8 Å². The van der Waals surface area contributed by atoms with E-state index >= 15 is 0 Å². The number of nitrogens with zero attached hydrogens (tertiary/aromatic N) is 4. The maximum absolute atomic E-state index is 7.42. The Morgan fingerprint density at radius 2 is 0.754 bits per heavy atom. The molecule has 5 rings (SSSR count). The van der Waals surface area contributed by atoms with Gasteiger partial charge in [0.1, 0.15) is 0 Å². The maximum atomic E-state index is 7.42. The molecule has 61 heavy (non-hydrogen) atoms. The van der Waals surface area contributed by atoms with Gasteiger partial charge in [0.2, 0.25) is 0 Å². The summed E-state index contributed by atoms with van der Waals surface area (Å²) in [5.74, 6) is 0.420. The second-order valence-corrected chi connectivity index (χ2v) is 10.4. The average molecular weight is 1540 g/mol. The van der Waals surface area contributed by atoms with Gasteiger partial charge in [-0.1, -0.05) is 72.2 Å². The summed E-state index contributed by atoms with van der Waals surface area (Å²) in [5.41, 5.74) is 17.5. The molecule has 1 fully saturated rings. The topological polar surface area (TPSA) is 133 Å². The van der Waals surface area contributed by atoms with E-state index in [0.717, 1.165) is 35.6 Å². The molecule has 14 heteroatoms. The molecule has 1 aliphatic rings. The Morgan fingerprint density at radius 3 is 0.869 bits per heavy atom. The molecule has 375 valence electrons. The van der Waals surface area contributed by atoms with Gasteiger partial charge < -0.3 is 72.0 Å². The Kier molecular flexibility index (Phi) is 142. The van der Waals surface area contributed by atoms with E-state index in [1.165, 1.54) is 19.3 Å². The van der Waals surface area contributed by atoms with Gasteiger partial charge in [-0.25, -0.2) is 6.42 Å². The number of aromatic nitrogens is 4. The molecule has 4 heterocycles. The Morgan fingerprint density at radius 1 is 0.557 bits per heavy atom. The first-order valence-electron chi connectivity index (χ1n) is 17.3. The molecular formula is C47H84Cl3N7Pt3Ru-9. The van der Waals surface area contributed by atoms with Crippen LogP contribution in [0.4, 0.5) is 0 Å². The van der Waals surface area contributed by atoms with Crippen LogP contribution >= 0.6 is 28.3 Å². The number of nitrogens with one attached hydrogen (secondary N) is 2. The van der Waals surface area contributed by atoms with Crippen molar-refractivity contribution in [3.05, 3.63) is 170 Å². The molecule has 1 saturated carbocycles. The fourth-order valence-corrected chi connectivity index (χ4v) is 3.26. The van der Waals surface area contributed by atoms with Crippen LogP contribution in [-0.2, 0) is 75.8 Å². The third-order valence-corrected chi connectivity index (χ3v) is 5.27. The summed E-state index contributed by atoms with van der Waals surface area (Å²) in [6, 6.07) is 23.3.